The van der Waals surface area contributed by atoms with Gasteiger partial charge in [0.15, 0.2) is 0 Å². The molecule has 1 aromatic carbocycles. The van der Waals surface area contributed by atoms with Gasteiger partial charge in [-0.3, -0.25) is 9.59 Å². The Labute approximate surface area is 173 Å². The van der Waals surface area contributed by atoms with Crippen LogP contribution < -0.4 is 5.32 Å². The minimum absolute atomic E-state index is 0.119. The molecule has 1 N–H and O–H groups in total. The third-order valence-corrected chi connectivity index (χ3v) is 6.40. The molecule has 0 unspecified atom stereocenters. The van der Waals surface area contributed by atoms with Crippen molar-refractivity contribution >= 4 is 17.8 Å². The second-order valence-corrected chi connectivity index (χ2v) is 8.87. The van der Waals surface area contributed by atoms with Crippen LogP contribution in [0, 0.1) is 17.8 Å². The molecule has 6 nitrogen and oxygen atoms in total. The summed E-state index contributed by atoms with van der Waals surface area (Å²) in [6, 6.07) is 8.37. The van der Waals surface area contributed by atoms with Gasteiger partial charge in [-0.15, -0.1) is 0 Å². The summed E-state index contributed by atoms with van der Waals surface area (Å²) in [7, 11) is 0. The molecular weight excluding hydrogens is 368 g/mol. The van der Waals surface area contributed by atoms with Gasteiger partial charge in [-0.25, -0.2) is 4.79 Å². The Hall–Kier alpha value is -2.37. The highest BCUT2D eigenvalue weighted by molar-refractivity contribution is 6.36. The SMILES string of the molecule is CC(C)[C@@H]1CC[C@@H](C)C[C@H]1OC(=O)[C@@H]1CN([C@H](C)c2ccccc2)C(=O)C(=O)N1. The van der Waals surface area contributed by atoms with E-state index in [0.717, 1.165) is 24.8 Å². The molecule has 1 saturated heterocycles. The fourth-order valence-electron chi connectivity index (χ4n) is 4.54. The Morgan fingerprint density at radius 1 is 1.14 bits per heavy atom. The summed E-state index contributed by atoms with van der Waals surface area (Å²) < 4.78 is 5.90. The van der Waals surface area contributed by atoms with Crippen LogP contribution in [0.2, 0.25) is 0 Å². The molecule has 2 fully saturated rings. The fraction of sp³-hybridized carbons (Fsp3) is 0.609. The topological polar surface area (TPSA) is 75.7 Å². The number of nitrogens with zero attached hydrogens (tertiary/aromatic N) is 1. The standard InChI is InChI=1S/C23H32N2O4/c1-14(2)18-11-10-15(3)12-20(18)29-23(28)19-13-25(22(27)21(26)24-19)16(4)17-8-6-5-7-9-17/h5-9,14-16,18-20H,10-13H2,1-4H3,(H,24,26)/t15-,16-,18+,19+,20-/m1/s1. The van der Waals surface area contributed by atoms with Crippen LogP contribution in [0.15, 0.2) is 30.3 Å². The summed E-state index contributed by atoms with van der Waals surface area (Å²) in [6.07, 6.45) is 2.90. The van der Waals surface area contributed by atoms with Gasteiger partial charge in [-0.05, 0) is 43.1 Å². The van der Waals surface area contributed by atoms with Crippen molar-refractivity contribution in [2.45, 2.75) is 65.1 Å². The number of rotatable bonds is 5. The highest BCUT2D eigenvalue weighted by atomic mass is 16.5. The van der Waals surface area contributed by atoms with E-state index in [2.05, 4.69) is 26.1 Å². The molecule has 6 heteroatoms. The summed E-state index contributed by atoms with van der Waals surface area (Å²) in [5, 5.41) is 2.54. The lowest BCUT2D eigenvalue weighted by atomic mass is 9.75. The van der Waals surface area contributed by atoms with Gasteiger partial charge in [-0.2, -0.15) is 0 Å². The van der Waals surface area contributed by atoms with E-state index in [4.69, 9.17) is 4.74 Å². The molecule has 1 aliphatic carbocycles. The number of benzene rings is 1. The largest absolute Gasteiger partial charge is 0.460 e. The number of hydrogen-bond donors (Lipinski definition) is 1. The van der Waals surface area contributed by atoms with Crippen molar-refractivity contribution < 1.29 is 19.1 Å². The van der Waals surface area contributed by atoms with Crippen molar-refractivity contribution in [1.29, 1.82) is 0 Å². The summed E-state index contributed by atoms with van der Waals surface area (Å²) in [4.78, 5) is 39.1. The number of piperazine rings is 1. The first kappa shape index (κ1) is 21.3. The predicted octanol–water partition coefficient (Wildman–Crippen LogP) is 3.08. The van der Waals surface area contributed by atoms with E-state index < -0.39 is 23.8 Å². The molecule has 158 valence electrons. The lowest BCUT2D eigenvalue weighted by Gasteiger charge is -2.39. The molecule has 0 aromatic heterocycles. The number of amides is 2. The smallest absolute Gasteiger partial charge is 0.330 e. The van der Waals surface area contributed by atoms with E-state index in [0.29, 0.717) is 17.8 Å². The Morgan fingerprint density at radius 2 is 1.83 bits per heavy atom. The zero-order chi connectivity index (χ0) is 21.1. The van der Waals surface area contributed by atoms with Crippen molar-refractivity contribution in [3.63, 3.8) is 0 Å². The summed E-state index contributed by atoms with van der Waals surface area (Å²) >= 11 is 0. The zero-order valence-corrected chi connectivity index (χ0v) is 17.8. The first-order chi connectivity index (χ1) is 13.8. The van der Waals surface area contributed by atoms with E-state index in [1.807, 2.05) is 37.3 Å². The third-order valence-electron chi connectivity index (χ3n) is 6.40. The molecule has 0 radical (unpaired) electrons. The average molecular weight is 401 g/mol. The number of hydrogen-bond acceptors (Lipinski definition) is 4. The quantitative estimate of drug-likeness (QED) is 0.609. The van der Waals surface area contributed by atoms with Gasteiger partial charge in [0.05, 0.1) is 12.6 Å². The average Bonchev–Trinajstić information content (AvgIpc) is 2.69. The van der Waals surface area contributed by atoms with E-state index in [1.54, 1.807) is 0 Å². The Balaban J connectivity index is 1.71. The van der Waals surface area contributed by atoms with Gasteiger partial charge in [0.1, 0.15) is 12.1 Å². The van der Waals surface area contributed by atoms with Crippen molar-refractivity contribution in [2.24, 2.45) is 17.8 Å². The molecule has 2 aliphatic rings. The molecule has 0 bridgehead atoms. The molecular formula is C23H32N2O4. The zero-order valence-electron chi connectivity index (χ0n) is 17.8. The van der Waals surface area contributed by atoms with Gasteiger partial charge in [0.2, 0.25) is 0 Å². The van der Waals surface area contributed by atoms with E-state index in [-0.39, 0.29) is 18.7 Å². The highest BCUT2D eigenvalue weighted by Gasteiger charge is 2.41. The Kier molecular flexibility index (Phi) is 6.60. The first-order valence-electron chi connectivity index (χ1n) is 10.6. The van der Waals surface area contributed by atoms with Crippen molar-refractivity contribution in [1.82, 2.24) is 10.2 Å². The third kappa shape index (κ3) is 4.80. The van der Waals surface area contributed by atoms with Crippen LogP contribution in [-0.4, -0.2) is 41.4 Å². The highest BCUT2D eigenvalue weighted by Crippen LogP contribution is 2.35. The molecule has 2 amide bonds. The monoisotopic (exact) mass is 400 g/mol. The second kappa shape index (κ2) is 8.97. The van der Waals surface area contributed by atoms with E-state index in [9.17, 15) is 14.4 Å². The maximum atomic E-state index is 12.9. The summed E-state index contributed by atoms with van der Waals surface area (Å²) in [6.45, 7) is 8.49. The molecule has 3 rings (SSSR count). The van der Waals surface area contributed by atoms with Gasteiger partial charge in [0.25, 0.3) is 0 Å². The molecule has 29 heavy (non-hydrogen) atoms. The normalized spacial score (nSPS) is 28.8. The number of ether oxygens (including phenoxy) is 1. The summed E-state index contributed by atoms with van der Waals surface area (Å²) in [5.41, 5.74) is 0.920. The van der Waals surface area contributed by atoms with Crippen LogP contribution in [0.1, 0.15) is 58.6 Å². The first-order valence-corrected chi connectivity index (χ1v) is 10.6. The van der Waals surface area contributed by atoms with Gasteiger partial charge in [-0.1, -0.05) is 57.5 Å². The van der Waals surface area contributed by atoms with Gasteiger partial charge >= 0.3 is 17.8 Å². The number of carbonyl (C=O) groups excluding carboxylic acids is 3. The predicted molar refractivity (Wildman–Crippen MR) is 110 cm³/mol. The Morgan fingerprint density at radius 3 is 2.48 bits per heavy atom. The molecule has 1 aromatic rings. The number of carbonyl (C=O) groups is 3. The van der Waals surface area contributed by atoms with Crippen LogP contribution in [0.25, 0.3) is 0 Å². The van der Waals surface area contributed by atoms with E-state index in [1.165, 1.54) is 4.90 Å². The van der Waals surface area contributed by atoms with Crippen molar-refractivity contribution in [3.05, 3.63) is 35.9 Å². The van der Waals surface area contributed by atoms with Crippen LogP contribution in [0.5, 0.6) is 0 Å². The van der Waals surface area contributed by atoms with Crippen molar-refractivity contribution in [3.8, 4) is 0 Å². The van der Waals surface area contributed by atoms with Crippen LogP contribution >= 0.6 is 0 Å². The van der Waals surface area contributed by atoms with Gasteiger partial charge in [0, 0.05) is 0 Å². The summed E-state index contributed by atoms with van der Waals surface area (Å²) in [5.74, 6) is -0.538. The molecule has 0 spiro atoms. The van der Waals surface area contributed by atoms with E-state index >= 15 is 0 Å². The maximum Gasteiger partial charge on any atom is 0.330 e. The molecule has 1 saturated carbocycles. The van der Waals surface area contributed by atoms with Crippen molar-refractivity contribution in [2.75, 3.05) is 6.54 Å². The molecule has 1 heterocycles. The Bertz CT molecular complexity index is 749. The van der Waals surface area contributed by atoms with Crippen LogP contribution in [0.4, 0.5) is 0 Å². The molecule has 1 aliphatic heterocycles. The van der Waals surface area contributed by atoms with Crippen LogP contribution in [0.3, 0.4) is 0 Å². The fourth-order valence-corrected chi connectivity index (χ4v) is 4.54. The van der Waals surface area contributed by atoms with Crippen LogP contribution in [-0.2, 0) is 19.1 Å². The minimum atomic E-state index is -0.837. The number of nitrogens with one attached hydrogen (secondary N) is 1. The number of esters is 1. The second-order valence-electron chi connectivity index (χ2n) is 8.87. The van der Waals surface area contributed by atoms with Gasteiger partial charge < -0.3 is 15.0 Å². The maximum absolute atomic E-state index is 12.9. The molecule has 5 atom stereocenters. The minimum Gasteiger partial charge on any atom is -0.460 e. The lowest BCUT2D eigenvalue weighted by molar-refractivity contribution is -0.165. The lowest BCUT2D eigenvalue weighted by Crippen LogP contribution is -2.61.